The Hall–Kier alpha value is -2.72. The van der Waals surface area contributed by atoms with Crippen LogP contribution in [-0.2, 0) is 0 Å². The van der Waals surface area contributed by atoms with Crippen molar-refractivity contribution in [2.75, 3.05) is 38.6 Å². The Morgan fingerprint density at radius 3 is 2.97 bits per heavy atom. The molecule has 9 heteroatoms. The summed E-state index contributed by atoms with van der Waals surface area (Å²) in [5.74, 6) is 0.633. The van der Waals surface area contributed by atoms with Crippen molar-refractivity contribution in [2.24, 2.45) is 5.92 Å². The fraction of sp³-hybridized carbons (Fsp3) is 0.458. The number of ether oxygens (including phenoxy) is 1. The number of nitrogens with one attached hydrogen (secondary N) is 5. The highest BCUT2D eigenvalue weighted by molar-refractivity contribution is 5.95. The van der Waals surface area contributed by atoms with E-state index in [1.165, 1.54) is 0 Å². The normalized spacial score (nSPS) is 29.3. The molecule has 0 aromatic heterocycles. The number of nitrogens with zero attached hydrogens (tertiary/aromatic N) is 1. The first-order valence-corrected chi connectivity index (χ1v) is 11.5. The summed E-state index contributed by atoms with van der Waals surface area (Å²) >= 11 is 0. The van der Waals surface area contributed by atoms with Gasteiger partial charge in [0.1, 0.15) is 18.5 Å². The van der Waals surface area contributed by atoms with Gasteiger partial charge in [0.25, 0.3) is 5.91 Å². The predicted octanol–water partition coefficient (Wildman–Crippen LogP) is 1.60. The predicted molar refractivity (Wildman–Crippen MR) is 125 cm³/mol. The number of benzene rings is 2. The summed E-state index contributed by atoms with van der Waals surface area (Å²) in [4.78, 5) is 15.0. The van der Waals surface area contributed by atoms with E-state index in [1.54, 1.807) is 6.07 Å². The Morgan fingerprint density at radius 1 is 1.21 bits per heavy atom. The quantitative estimate of drug-likeness (QED) is 0.453. The van der Waals surface area contributed by atoms with E-state index in [0.29, 0.717) is 25.3 Å². The highest BCUT2D eigenvalue weighted by Gasteiger charge is 2.40. The third-order valence-corrected chi connectivity index (χ3v) is 6.82. The van der Waals surface area contributed by atoms with Gasteiger partial charge in [-0.25, -0.2) is 15.2 Å². The van der Waals surface area contributed by atoms with Crippen molar-refractivity contribution in [3.8, 4) is 5.75 Å². The Morgan fingerprint density at radius 2 is 2.09 bits per heavy atom. The number of amides is 1. The van der Waals surface area contributed by atoms with Crippen molar-refractivity contribution in [3.63, 3.8) is 0 Å². The maximum Gasteiger partial charge on any atom is 0.251 e. The zero-order valence-corrected chi connectivity index (χ0v) is 18.7. The van der Waals surface area contributed by atoms with E-state index in [2.05, 4.69) is 31.7 Å². The lowest BCUT2D eigenvalue weighted by molar-refractivity contribution is 0.0816. The smallest absolute Gasteiger partial charge is 0.251 e. The zero-order chi connectivity index (χ0) is 22.8. The van der Waals surface area contributed by atoms with Gasteiger partial charge in [-0.2, -0.15) is 0 Å². The monoisotopic (exact) mass is 454 g/mol. The van der Waals surface area contributed by atoms with Gasteiger partial charge >= 0.3 is 0 Å². The molecule has 176 valence electrons. The number of carbonyl (C=O) groups is 1. The van der Waals surface area contributed by atoms with E-state index in [-0.39, 0.29) is 30.2 Å². The standard InChI is InChI=1S/C24H31FN6O2/c1-31-22(29-30-23(31)17-9-10-26-12-19(17)25)13-27-16-6-4-5-15(11-16)24(32)28-20-14-33-21-8-3-2-7-18(20)21/h2-8,11,17,19-20,22-23,26-27,29-30H,9-10,12-14H2,1H3,(H,28,32)/t17?,19?,20-,22?,23?/m0/s1. The lowest BCUT2D eigenvalue weighted by Crippen LogP contribution is -2.51. The van der Waals surface area contributed by atoms with E-state index >= 15 is 0 Å². The molecular formula is C24H31FN6O2. The largest absolute Gasteiger partial charge is 0.491 e. The maximum absolute atomic E-state index is 14.4. The molecule has 8 nitrogen and oxygen atoms in total. The van der Waals surface area contributed by atoms with Crippen LogP contribution in [0, 0.1) is 5.92 Å². The van der Waals surface area contributed by atoms with Crippen molar-refractivity contribution in [1.82, 2.24) is 26.4 Å². The summed E-state index contributed by atoms with van der Waals surface area (Å²) in [6.07, 6.45) is -0.109. The minimum absolute atomic E-state index is 0.00158. The summed E-state index contributed by atoms with van der Waals surface area (Å²) in [5, 5.41) is 9.58. The fourth-order valence-corrected chi connectivity index (χ4v) is 4.89. The van der Waals surface area contributed by atoms with Gasteiger partial charge in [0.15, 0.2) is 0 Å². The number of likely N-dealkylation sites (N-methyl/N-ethyl adjacent to an activating group) is 1. The molecule has 0 radical (unpaired) electrons. The van der Waals surface area contributed by atoms with E-state index in [4.69, 9.17) is 4.74 Å². The van der Waals surface area contributed by atoms with Gasteiger partial charge in [-0.15, -0.1) is 0 Å². The highest BCUT2D eigenvalue weighted by atomic mass is 19.1. The number of fused-ring (bicyclic) bond motifs is 1. The third kappa shape index (κ3) is 4.67. The number of alkyl halides is 1. The first-order valence-electron chi connectivity index (χ1n) is 11.5. The molecule has 4 unspecified atom stereocenters. The molecule has 0 saturated carbocycles. The molecule has 2 aromatic rings. The van der Waals surface area contributed by atoms with Crippen LogP contribution in [0.1, 0.15) is 28.4 Å². The number of anilines is 1. The average molecular weight is 455 g/mol. The lowest BCUT2D eigenvalue weighted by Gasteiger charge is -2.35. The maximum atomic E-state index is 14.4. The molecule has 2 aromatic carbocycles. The molecule has 0 bridgehead atoms. The first-order chi connectivity index (χ1) is 16.1. The van der Waals surface area contributed by atoms with E-state index in [0.717, 1.165) is 30.0 Å². The van der Waals surface area contributed by atoms with E-state index in [1.807, 2.05) is 49.5 Å². The van der Waals surface area contributed by atoms with Gasteiger partial charge in [0.2, 0.25) is 0 Å². The summed E-state index contributed by atoms with van der Waals surface area (Å²) in [6, 6.07) is 15.1. The Bertz CT molecular complexity index is 991. The van der Waals surface area contributed by atoms with E-state index < -0.39 is 6.17 Å². The molecule has 0 aliphatic carbocycles. The molecule has 3 aliphatic heterocycles. The molecule has 3 heterocycles. The van der Waals surface area contributed by atoms with Crippen molar-refractivity contribution in [2.45, 2.75) is 31.0 Å². The SMILES string of the molecule is CN1C(CNc2cccc(C(=O)N[C@H]3COc4ccccc43)c2)NNC1C1CCNCC1F. The van der Waals surface area contributed by atoms with Crippen molar-refractivity contribution in [1.29, 1.82) is 0 Å². The second kappa shape index (κ2) is 9.64. The van der Waals surface area contributed by atoms with Crippen LogP contribution in [0.5, 0.6) is 5.75 Å². The van der Waals surface area contributed by atoms with Crippen molar-refractivity contribution >= 4 is 11.6 Å². The molecule has 5 atom stereocenters. The third-order valence-electron chi connectivity index (χ3n) is 6.82. The van der Waals surface area contributed by atoms with Crippen LogP contribution in [0.3, 0.4) is 0 Å². The van der Waals surface area contributed by atoms with Crippen molar-refractivity contribution < 1.29 is 13.9 Å². The number of carbonyl (C=O) groups excluding carboxylic acids is 1. The Kier molecular flexibility index (Phi) is 6.45. The number of hydrogen-bond acceptors (Lipinski definition) is 7. The first kappa shape index (κ1) is 22.1. The molecule has 2 saturated heterocycles. The summed E-state index contributed by atoms with van der Waals surface area (Å²) < 4.78 is 20.0. The number of piperidine rings is 1. The molecular weight excluding hydrogens is 423 g/mol. The van der Waals surface area contributed by atoms with Gasteiger partial charge in [-0.3, -0.25) is 9.69 Å². The second-order valence-electron chi connectivity index (χ2n) is 8.92. The molecule has 0 spiro atoms. The van der Waals surface area contributed by atoms with Crippen molar-refractivity contribution in [3.05, 3.63) is 59.7 Å². The van der Waals surface area contributed by atoms with Crippen LogP contribution < -0.4 is 31.5 Å². The van der Waals surface area contributed by atoms with Crippen LogP contribution in [0.4, 0.5) is 10.1 Å². The van der Waals surface area contributed by atoms with Crippen LogP contribution >= 0.6 is 0 Å². The number of hydrogen-bond donors (Lipinski definition) is 5. The van der Waals surface area contributed by atoms with Crippen LogP contribution in [0.25, 0.3) is 0 Å². The number of para-hydroxylation sites is 1. The van der Waals surface area contributed by atoms with Crippen LogP contribution in [-0.4, -0.2) is 62.6 Å². The average Bonchev–Trinajstić information content (AvgIpc) is 3.41. The second-order valence-corrected chi connectivity index (χ2v) is 8.92. The topological polar surface area (TPSA) is 89.7 Å². The molecule has 5 N–H and O–H groups in total. The molecule has 5 rings (SSSR count). The minimum atomic E-state index is -0.861. The van der Waals surface area contributed by atoms with Gasteiger partial charge in [0.05, 0.1) is 18.4 Å². The summed E-state index contributed by atoms with van der Waals surface area (Å²) in [5.41, 5.74) is 8.98. The van der Waals surface area contributed by atoms with Gasteiger partial charge < -0.3 is 20.7 Å². The number of hydrazine groups is 1. The molecule has 33 heavy (non-hydrogen) atoms. The van der Waals surface area contributed by atoms with E-state index in [9.17, 15) is 9.18 Å². The highest BCUT2D eigenvalue weighted by Crippen LogP contribution is 2.32. The summed E-state index contributed by atoms with van der Waals surface area (Å²) in [7, 11) is 2.00. The van der Waals surface area contributed by atoms with Gasteiger partial charge in [-0.05, 0) is 44.3 Å². The minimum Gasteiger partial charge on any atom is -0.491 e. The number of halogens is 1. The molecule has 2 fully saturated rings. The fourth-order valence-electron chi connectivity index (χ4n) is 4.89. The number of rotatable bonds is 6. The zero-order valence-electron chi connectivity index (χ0n) is 18.7. The van der Waals surface area contributed by atoms with Gasteiger partial charge in [0, 0.05) is 35.8 Å². The van der Waals surface area contributed by atoms with Crippen LogP contribution in [0.2, 0.25) is 0 Å². The Labute approximate surface area is 193 Å². The summed E-state index contributed by atoms with van der Waals surface area (Å²) in [6.45, 7) is 2.30. The Balaban J connectivity index is 1.17. The molecule has 1 amide bonds. The van der Waals surface area contributed by atoms with Crippen LogP contribution in [0.15, 0.2) is 48.5 Å². The van der Waals surface area contributed by atoms with Gasteiger partial charge in [-0.1, -0.05) is 24.3 Å². The molecule has 3 aliphatic rings. The lowest BCUT2D eigenvalue weighted by atomic mass is 9.92.